The van der Waals surface area contributed by atoms with E-state index in [2.05, 4.69) is 61.0 Å². The molecule has 24 heavy (non-hydrogen) atoms. The molecule has 1 aromatic carbocycles. The molecule has 1 aromatic rings. The van der Waals surface area contributed by atoms with Gasteiger partial charge >= 0.3 is 6.09 Å². The summed E-state index contributed by atoms with van der Waals surface area (Å²) >= 11 is 3.51. The Bertz CT molecular complexity index is 569. The third-order valence-corrected chi connectivity index (χ3v) is 4.97. The van der Waals surface area contributed by atoms with Gasteiger partial charge in [0.15, 0.2) is 0 Å². The summed E-state index contributed by atoms with van der Waals surface area (Å²) in [6, 6.07) is 8.64. The lowest BCUT2D eigenvalue weighted by Gasteiger charge is -2.48. The maximum atomic E-state index is 12.8. The van der Waals surface area contributed by atoms with Crippen LogP contribution in [0.1, 0.15) is 65.9 Å². The van der Waals surface area contributed by atoms with Gasteiger partial charge in [-0.3, -0.25) is 0 Å². The first-order chi connectivity index (χ1) is 11.0. The molecule has 0 bridgehead atoms. The van der Waals surface area contributed by atoms with Crippen molar-refractivity contribution >= 4 is 22.0 Å². The average molecular weight is 396 g/mol. The molecule has 1 saturated heterocycles. The van der Waals surface area contributed by atoms with Crippen LogP contribution in [0.5, 0.6) is 0 Å². The molecule has 2 atom stereocenters. The number of rotatable bonds is 1. The number of carbonyl (C=O) groups excluding carboxylic acids is 1. The van der Waals surface area contributed by atoms with E-state index in [0.29, 0.717) is 5.92 Å². The van der Waals surface area contributed by atoms with Crippen molar-refractivity contribution in [3.05, 3.63) is 34.3 Å². The Kier molecular flexibility index (Phi) is 5.68. The molecule has 3 nitrogen and oxygen atoms in total. The lowest BCUT2D eigenvalue weighted by atomic mass is 9.71. The predicted octanol–water partition coefficient (Wildman–Crippen LogP) is 5.98. The van der Waals surface area contributed by atoms with Crippen LogP contribution in [0.2, 0.25) is 0 Å². The Hall–Kier alpha value is -1.03. The highest BCUT2D eigenvalue weighted by molar-refractivity contribution is 9.10. The topological polar surface area (TPSA) is 29.5 Å². The van der Waals surface area contributed by atoms with Gasteiger partial charge in [0.05, 0.1) is 0 Å². The van der Waals surface area contributed by atoms with Crippen molar-refractivity contribution in [2.45, 2.75) is 71.9 Å². The zero-order chi connectivity index (χ0) is 18.1. The summed E-state index contributed by atoms with van der Waals surface area (Å²) in [5, 5.41) is 0. The lowest BCUT2D eigenvalue weighted by molar-refractivity contribution is -0.0132. The molecule has 0 saturated carbocycles. The molecule has 2 rings (SSSR count). The Labute approximate surface area is 154 Å². The van der Waals surface area contributed by atoms with Gasteiger partial charge in [0, 0.05) is 23.0 Å². The van der Waals surface area contributed by atoms with E-state index in [9.17, 15) is 4.79 Å². The number of hydrogen-bond acceptors (Lipinski definition) is 2. The van der Waals surface area contributed by atoms with Crippen LogP contribution in [-0.2, 0) is 4.74 Å². The quantitative estimate of drug-likeness (QED) is 0.585. The van der Waals surface area contributed by atoms with Crippen molar-refractivity contribution in [3.63, 3.8) is 0 Å². The minimum atomic E-state index is -0.468. The molecule has 4 heteroatoms. The zero-order valence-corrected chi connectivity index (χ0v) is 17.3. The van der Waals surface area contributed by atoms with Crippen molar-refractivity contribution in [2.24, 2.45) is 5.41 Å². The van der Waals surface area contributed by atoms with Crippen LogP contribution in [0.4, 0.5) is 4.79 Å². The van der Waals surface area contributed by atoms with Crippen LogP contribution in [0.25, 0.3) is 0 Å². The van der Waals surface area contributed by atoms with Crippen LogP contribution >= 0.6 is 15.9 Å². The summed E-state index contributed by atoms with van der Waals surface area (Å²) in [7, 11) is 0. The summed E-state index contributed by atoms with van der Waals surface area (Å²) in [4.78, 5) is 14.8. The van der Waals surface area contributed by atoms with Gasteiger partial charge < -0.3 is 9.64 Å². The van der Waals surface area contributed by atoms with Crippen LogP contribution < -0.4 is 0 Å². The molecular formula is C20H30BrNO2. The van der Waals surface area contributed by atoms with E-state index in [0.717, 1.165) is 23.9 Å². The van der Waals surface area contributed by atoms with Gasteiger partial charge in [0.1, 0.15) is 5.60 Å². The van der Waals surface area contributed by atoms with Crippen LogP contribution in [0, 0.1) is 5.41 Å². The molecular weight excluding hydrogens is 366 g/mol. The van der Waals surface area contributed by atoms with Crippen molar-refractivity contribution in [1.82, 2.24) is 4.90 Å². The molecule has 1 heterocycles. The summed E-state index contributed by atoms with van der Waals surface area (Å²) in [6.07, 6.45) is 1.92. The van der Waals surface area contributed by atoms with Crippen LogP contribution in [0.3, 0.4) is 0 Å². The lowest BCUT2D eigenvalue weighted by Crippen LogP contribution is -2.54. The summed E-state index contributed by atoms with van der Waals surface area (Å²) in [5.74, 6) is 0.333. The van der Waals surface area contributed by atoms with Crippen molar-refractivity contribution in [2.75, 3.05) is 6.54 Å². The van der Waals surface area contributed by atoms with E-state index in [-0.39, 0.29) is 17.6 Å². The SMILES string of the molecule is CC(C)(C)OC(=O)N1CCCC(c2ccc(Br)cc2)C1C(C)(C)C. The van der Waals surface area contributed by atoms with Crippen molar-refractivity contribution in [1.29, 1.82) is 0 Å². The fourth-order valence-electron chi connectivity index (χ4n) is 3.65. The molecule has 1 amide bonds. The molecule has 1 aliphatic rings. The Morgan fingerprint density at radius 2 is 1.71 bits per heavy atom. The molecule has 0 N–H and O–H groups in total. The predicted molar refractivity (Wildman–Crippen MR) is 102 cm³/mol. The monoisotopic (exact) mass is 395 g/mol. The third kappa shape index (κ3) is 4.75. The summed E-state index contributed by atoms with van der Waals surface area (Å²) in [6.45, 7) is 13.2. The molecule has 2 unspecified atom stereocenters. The zero-order valence-electron chi connectivity index (χ0n) is 15.7. The maximum Gasteiger partial charge on any atom is 0.410 e. The van der Waals surface area contributed by atoms with Gasteiger partial charge in [-0.25, -0.2) is 4.79 Å². The number of likely N-dealkylation sites (tertiary alicyclic amines) is 1. The normalized spacial score (nSPS) is 22.4. The van der Waals surface area contributed by atoms with Crippen molar-refractivity contribution in [3.8, 4) is 0 Å². The second-order valence-corrected chi connectivity index (χ2v) is 9.70. The molecule has 1 aliphatic heterocycles. The smallest absolute Gasteiger partial charge is 0.410 e. The molecule has 134 valence electrons. The van der Waals surface area contributed by atoms with Gasteiger partial charge in [-0.05, 0) is 56.7 Å². The number of piperidine rings is 1. The Balaban J connectivity index is 2.34. The highest BCUT2D eigenvalue weighted by Gasteiger charge is 2.43. The largest absolute Gasteiger partial charge is 0.444 e. The highest BCUT2D eigenvalue weighted by atomic mass is 79.9. The van der Waals surface area contributed by atoms with E-state index < -0.39 is 5.60 Å². The second kappa shape index (κ2) is 7.07. The number of hydrogen-bond donors (Lipinski definition) is 0. The minimum absolute atomic E-state index is 0.0188. The van der Waals surface area contributed by atoms with Crippen LogP contribution in [-0.4, -0.2) is 29.2 Å². The van der Waals surface area contributed by atoms with Gasteiger partial charge in [-0.15, -0.1) is 0 Å². The van der Waals surface area contributed by atoms with Gasteiger partial charge in [-0.2, -0.15) is 0 Å². The van der Waals surface area contributed by atoms with Crippen LogP contribution in [0.15, 0.2) is 28.7 Å². The van der Waals surface area contributed by atoms with E-state index in [1.807, 2.05) is 25.7 Å². The first-order valence-corrected chi connectivity index (χ1v) is 9.53. The third-order valence-electron chi connectivity index (χ3n) is 4.44. The van der Waals surface area contributed by atoms with E-state index >= 15 is 0 Å². The molecule has 0 spiro atoms. The number of halogens is 1. The number of carbonyl (C=O) groups is 1. The molecule has 0 aliphatic carbocycles. The van der Waals surface area contributed by atoms with E-state index in [1.165, 1.54) is 5.56 Å². The van der Waals surface area contributed by atoms with E-state index in [4.69, 9.17) is 4.74 Å². The summed E-state index contributed by atoms with van der Waals surface area (Å²) < 4.78 is 6.77. The molecule has 0 aromatic heterocycles. The fourth-order valence-corrected chi connectivity index (χ4v) is 3.92. The number of amides is 1. The number of ether oxygens (including phenoxy) is 1. The van der Waals surface area contributed by atoms with Gasteiger partial charge in [0.2, 0.25) is 0 Å². The standard InChI is InChI=1S/C20H30BrNO2/c1-19(2,3)17-16(14-9-11-15(21)12-10-14)8-7-13-22(17)18(23)24-20(4,5)6/h9-12,16-17H,7-8,13H2,1-6H3. The first kappa shape index (κ1) is 19.3. The number of nitrogens with zero attached hydrogens (tertiary/aromatic N) is 1. The van der Waals surface area contributed by atoms with Crippen molar-refractivity contribution < 1.29 is 9.53 Å². The maximum absolute atomic E-state index is 12.8. The van der Waals surface area contributed by atoms with E-state index in [1.54, 1.807) is 0 Å². The van der Waals surface area contributed by atoms with Gasteiger partial charge in [0.25, 0.3) is 0 Å². The molecule has 1 fully saturated rings. The summed E-state index contributed by atoms with van der Waals surface area (Å²) in [5.41, 5.74) is 0.811. The Morgan fingerprint density at radius 3 is 2.21 bits per heavy atom. The average Bonchev–Trinajstić information content (AvgIpc) is 2.44. The first-order valence-electron chi connectivity index (χ1n) is 8.74. The van der Waals surface area contributed by atoms with Gasteiger partial charge in [-0.1, -0.05) is 48.8 Å². The second-order valence-electron chi connectivity index (χ2n) is 8.78. The fraction of sp³-hybridized carbons (Fsp3) is 0.650. The minimum Gasteiger partial charge on any atom is -0.444 e. The number of benzene rings is 1. The highest BCUT2D eigenvalue weighted by Crippen LogP contribution is 2.42. The molecule has 0 radical (unpaired) electrons. The Morgan fingerprint density at radius 1 is 1.12 bits per heavy atom.